The molecular formula is C29H30N2O6S. The van der Waals surface area contributed by atoms with E-state index in [9.17, 15) is 23.1 Å². The Hall–Kier alpha value is -3.98. The predicted octanol–water partition coefficient (Wildman–Crippen LogP) is 4.78. The van der Waals surface area contributed by atoms with Gasteiger partial charge in [-0.05, 0) is 66.4 Å². The van der Waals surface area contributed by atoms with E-state index in [-0.39, 0.29) is 34.6 Å². The summed E-state index contributed by atoms with van der Waals surface area (Å²) in [5.41, 5.74) is 2.77. The summed E-state index contributed by atoms with van der Waals surface area (Å²) < 4.78 is 31.6. The Labute approximate surface area is 221 Å². The van der Waals surface area contributed by atoms with E-state index in [1.165, 1.54) is 12.1 Å². The number of benzene rings is 3. The third kappa shape index (κ3) is 5.94. The summed E-state index contributed by atoms with van der Waals surface area (Å²) in [6, 6.07) is 16.9. The van der Waals surface area contributed by atoms with Crippen LogP contribution in [0.4, 0.5) is 0 Å². The smallest absolute Gasteiger partial charge is 0.335 e. The summed E-state index contributed by atoms with van der Waals surface area (Å²) >= 11 is 0. The molecule has 0 bridgehead atoms. The molecule has 0 aliphatic rings. The SMILES string of the molecule is CCCCc1nc2ccc(S(C)(=O)=O)cc2c(=O)n1Cc1ccc(OCc2cccc(C(=O)O)c2C)cc1. The average Bonchev–Trinajstić information content (AvgIpc) is 2.88. The van der Waals surface area contributed by atoms with Gasteiger partial charge in [-0.2, -0.15) is 0 Å². The van der Waals surface area contributed by atoms with E-state index in [2.05, 4.69) is 6.92 Å². The highest BCUT2D eigenvalue weighted by Gasteiger charge is 2.15. The number of aromatic nitrogens is 2. The Morgan fingerprint density at radius 3 is 2.47 bits per heavy atom. The van der Waals surface area contributed by atoms with Crippen molar-refractivity contribution in [3.63, 3.8) is 0 Å². The molecule has 0 amide bonds. The lowest BCUT2D eigenvalue weighted by Crippen LogP contribution is -2.26. The van der Waals surface area contributed by atoms with Gasteiger partial charge in [-0.3, -0.25) is 9.36 Å². The highest BCUT2D eigenvalue weighted by molar-refractivity contribution is 7.90. The largest absolute Gasteiger partial charge is 0.489 e. The van der Waals surface area contributed by atoms with Gasteiger partial charge >= 0.3 is 5.97 Å². The molecule has 0 saturated carbocycles. The molecule has 0 unspecified atom stereocenters. The highest BCUT2D eigenvalue weighted by atomic mass is 32.2. The second-order valence-corrected chi connectivity index (χ2v) is 11.3. The summed E-state index contributed by atoms with van der Waals surface area (Å²) in [5, 5.41) is 9.60. The van der Waals surface area contributed by atoms with Crippen LogP contribution in [-0.2, 0) is 29.4 Å². The molecule has 0 spiro atoms. The summed E-state index contributed by atoms with van der Waals surface area (Å²) in [6.07, 6.45) is 3.56. The maximum atomic E-state index is 13.5. The van der Waals surface area contributed by atoms with Gasteiger partial charge in [-0.25, -0.2) is 18.2 Å². The van der Waals surface area contributed by atoms with Crippen LogP contribution in [0.5, 0.6) is 5.75 Å². The molecule has 198 valence electrons. The minimum atomic E-state index is -3.47. The fourth-order valence-corrected chi connectivity index (χ4v) is 4.92. The minimum absolute atomic E-state index is 0.0855. The van der Waals surface area contributed by atoms with Crippen molar-refractivity contribution in [2.75, 3.05) is 6.26 Å². The van der Waals surface area contributed by atoms with Crippen molar-refractivity contribution in [2.24, 2.45) is 0 Å². The van der Waals surface area contributed by atoms with Crippen molar-refractivity contribution >= 4 is 26.7 Å². The quantitative estimate of drug-likeness (QED) is 0.311. The first-order chi connectivity index (χ1) is 18.1. The molecule has 0 saturated heterocycles. The maximum absolute atomic E-state index is 13.5. The van der Waals surface area contributed by atoms with Crippen molar-refractivity contribution in [2.45, 2.75) is 51.2 Å². The summed E-state index contributed by atoms with van der Waals surface area (Å²) in [5.74, 6) is 0.297. The number of ether oxygens (including phenoxy) is 1. The van der Waals surface area contributed by atoms with Crippen molar-refractivity contribution in [3.8, 4) is 5.75 Å². The van der Waals surface area contributed by atoms with Crippen molar-refractivity contribution < 1.29 is 23.1 Å². The third-order valence-electron chi connectivity index (χ3n) is 6.52. The van der Waals surface area contributed by atoms with Crippen LogP contribution in [0.25, 0.3) is 10.9 Å². The van der Waals surface area contributed by atoms with Gasteiger partial charge in [0.2, 0.25) is 0 Å². The highest BCUT2D eigenvalue weighted by Crippen LogP contribution is 2.20. The Kier molecular flexibility index (Phi) is 7.97. The second kappa shape index (κ2) is 11.2. The molecule has 3 aromatic carbocycles. The number of nitrogens with zero attached hydrogens (tertiary/aromatic N) is 2. The number of aromatic carboxylic acids is 1. The number of fused-ring (bicyclic) bond motifs is 1. The van der Waals surface area contributed by atoms with Gasteiger partial charge in [-0.15, -0.1) is 0 Å². The zero-order chi connectivity index (χ0) is 27.4. The van der Waals surface area contributed by atoms with Crippen LogP contribution in [0.15, 0.2) is 70.4 Å². The number of carbonyl (C=O) groups is 1. The molecule has 0 fully saturated rings. The first-order valence-electron chi connectivity index (χ1n) is 12.4. The molecule has 0 aliphatic heterocycles. The van der Waals surface area contributed by atoms with E-state index in [4.69, 9.17) is 9.72 Å². The molecule has 1 aromatic heterocycles. The summed E-state index contributed by atoms with van der Waals surface area (Å²) in [7, 11) is -3.47. The summed E-state index contributed by atoms with van der Waals surface area (Å²) in [4.78, 5) is 29.7. The average molecular weight is 535 g/mol. The minimum Gasteiger partial charge on any atom is -0.489 e. The van der Waals surface area contributed by atoms with Crippen LogP contribution < -0.4 is 10.3 Å². The van der Waals surface area contributed by atoms with Gasteiger partial charge in [0.1, 0.15) is 18.2 Å². The van der Waals surface area contributed by atoms with Crippen molar-refractivity contribution in [1.82, 2.24) is 9.55 Å². The normalized spacial score (nSPS) is 11.6. The van der Waals surface area contributed by atoms with E-state index in [0.717, 1.165) is 30.2 Å². The Bertz CT molecular complexity index is 1660. The first kappa shape index (κ1) is 27.1. The number of rotatable bonds is 10. The number of sulfone groups is 1. The molecule has 1 heterocycles. The number of carboxylic acids is 1. The van der Waals surface area contributed by atoms with Crippen LogP contribution >= 0.6 is 0 Å². The van der Waals surface area contributed by atoms with Crippen LogP contribution in [0.2, 0.25) is 0 Å². The molecule has 4 rings (SSSR count). The maximum Gasteiger partial charge on any atom is 0.335 e. The van der Waals surface area contributed by atoms with Crippen molar-refractivity contribution in [1.29, 1.82) is 0 Å². The standard InChI is InChI=1S/C29H30N2O6S/c1-4-5-9-27-30-26-15-14-23(38(3,35)36)16-25(26)28(32)31(27)17-20-10-12-22(13-11-20)37-18-21-7-6-8-24(19(21)2)29(33)34/h6-8,10-16H,4-5,9,17-18H2,1-3H3,(H,33,34). The van der Waals surface area contributed by atoms with E-state index < -0.39 is 15.8 Å². The molecule has 8 nitrogen and oxygen atoms in total. The molecule has 0 radical (unpaired) electrons. The fraction of sp³-hybridized carbons (Fsp3) is 0.276. The van der Waals surface area contributed by atoms with Gasteiger partial charge in [0.15, 0.2) is 9.84 Å². The topological polar surface area (TPSA) is 116 Å². The lowest BCUT2D eigenvalue weighted by molar-refractivity contribution is 0.0696. The van der Waals surface area contributed by atoms with Crippen LogP contribution in [0, 0.1) is 6.92 Å². The fourth-order valence-electron chi connectivity index (χ4n) is 4.27. The van der Waals surface area contributed by atoms with Crippen LogP contribution in [0.3, 0.4) is 0 Å². The van der Waals surface area contributed by atoms with Crippen molar-refractivity contribution in [3.05, 3.63) is 99.1 Å². The predicted molar refractivity (Wildman–Crippen MR) is 146 cm³/mol. The summed E-state index contributed by atoms with van der Waals surface area (Å²) in [6.45, 7) is 4.34. The number of hydrogen-bond acceptors (Lipinski definition) is 6. The zero-order valence-corrected chi connectivity index (χ0v) is 22.4. The van der Waals surface area contributed by atoms with Gasteiger partial charge in [0.05, 0.1) is 27.9 Å². The number of hydrogen-bond donors (Lipinski definition) is 1. The van der Waals surface area contributed by atoms with Crippen LogP contribution in [-0.4, -0.2) is 35.3 Å². The van der Waals surface area contributed by atoms with E-state index in [1.807, 2.05) is 18.2 Å². The van der Waals surface area contributed by atoms with Gasteiger partial charge in [-0.1, -0.05) is 37.6 Å². The Balaban J connectivity index is 1.60. The second-order valence-electron chi connectivity index (χ2n) is 9.30. The van der Waals surface area contributed by atoms with E-state index in [0.29, 0.717) is 29.1 Å². The molecule has 1 N–H and O–H groups in total. The van der Waals surface area contributed by atoms with E-state index >= 15 is 0 Å². The molecular weight excluding hydrogens is 504 g/mol. The number of carboxylic acid groups (broad SMARTS) is 1. The van der Waals surface area contributed by atoms with Gasteiger partial charge in [0.25, 0.3) is 5.56 Å². The van der Waals surface area contributed by atoms with Crippen LogP contribution in [0.1, 0.15) is 52.6 Å². The Morgan fingerprint density at radius 1 is 1.08 bits per heavy atom. The van der Waals surface area contributed by atoms with E-state index in [1.54, 1.807) is 41.8 Å². The molecule has 38 heavy (non-hydrogen) atoms. The molecule has 0 aliphatic carbocycles. The first-order valence-corrected chi connectivity index (χ1v) is 14.2. The third-order valence-corrected chi connectivity index (χ3v) is 7.63. The number of unbranched alkanes of at least 4 members (excludes halogenated alkanes) is 1. The monoisotopic (exact) mass is 534 g/mol. The molecule has 0 atom stereocenters. The molecule has 4 aromatic rings. The van der Waals surface area contributed by atoms with Gasteiger partial charge in [0, 0.05) is 12.7 Å². The van der Waals surface area contributed by atoms with Gasteiger partial charge < -0.3 is 9.84 Å². The molecule has 9 heteroatoms. The lowest BCUT2D eigenvalue weighted by atomic mass is 10.0. The lowest BCUT2D eigenvalue weighted by Gasteiger charge is -2.15. The zero-order valence-electron chi connectivity index (χ0n) is 21.6. The number of aryl methyl sites for hydroxylation is 1. The Morgan fingerprint density at radius 2 is 1.82 bits per heavy atom.